The van der Waals surface area contributed by atoms with Crippen LogP contribution in [0.1, 0.15) is 32.6 Å². The van der Waals surface area contributed by atoms with Gasteiger partial charge in [0, 0.05) is 31.6 Å². The van der Waals surface area contributed by atoms with Gasteiger partial charge in [-0.3, -0.25) is 4.90 Å². The minimum atomic E-state index is 0.746. The fourth-order valence-electron chi connectivity index (χ4n) is 2.77. The standard InChI is InChI=1S/C12H20N2/c1-2-3-4-8-13-11-7-10-14-9-5-6-12(11)14/h11-13H,4-10H2,1H3. The lowest BCUT2D eigenvalue weighted by Gasteiger charge is -2.20. The molecule has 0 saturated carbocycles. The monoisotopic (exact) mass is 192 g/mol. The van der Waals surface area contributed by atoms with Gasteiger partial charge in [-0.2, -0.15) is 0 Å². The highest BCUT2D eigenvalue weighted by molar-refractivity contribution is 4.98. The molecule has 0 aromatic rings. The van der Waals surface area contributed by atoms with E-state index in [0.29, 0.717) is 0 Å². The van der Waals surface area contributed by atoms with Gasteiger partial charge in [0.1, 0.15) is 0 Å². The minimum Gasteiger partial charge on any atom is -0.311 e. The highest BCUT2D eigenvalue weighted by atomic mass is 15.2. The van der Waals surface area contributed by atoms with Gasteiger partial charge in [-0.25, -0.2) is 0 Å². The fraction of sp³-hybridized carbons (Fsp3) is 0.833. The molecule has 2 heterocycles. The lowest BCUT2D eigenvalue weighted by molar-refractivity contribution is 0.300. The third kappa shape index (κ3) is 2.10. The van der Waals surface area contributed by atoms with Gasteiger partial charge in [0.2, 0.25) is 0 Å². The van der Waals surface area contributed by atoms with E-state index in [4.69, 9.17) is 0 Å². The summed E-state index contributed by atoms with van der Waals surface area (Å²) < 4.78 is 0. The Morgan fingerprint density at radius 1 is 1.36 bits per heavy atom. The lowest BCUT2D eigenvalue weighted by Crippen LogP contribution is -2.39. The maximum atomic E-state index is 3.64. The van der Waals surface area contributed by atoms with Gasteiger partial charge >= 0.3 is 0 Å². The van der Waals surface area contributed by atoms with Crippen LogP contribution < -0.4 is 5.32 Å². The summed E-state index contributed by atoms with van der Waals surface area (Å²) in [5.74, 6) is 6.04. The molecular weight excluding hydrogens is 172 g/mol. The Labute approximate surface area is 87.1 Å². The predicted octanol–water partition coefficient (Wildman–Crippen LogP) is 1.23. The van der Waals surface area contributed by atoms with Crippen LogP contribution in [0.3, 0.4) is 0 Å². The van der Waals surface area contributed by atoms with E-state index in [-0.39, 0.29) is 0 Å². The van der Waals surface area contributed by atoms with Gasteiger partial charge in [-0.15, -0.1) is 11.8 Å². The van der Waals surface area contributed by atoms with Crippen LogP contribution in [0.2, 0.25) is 0 Å². The third-order valence-electron chi connectivity index (χ3n) is 3.44. The van der Waals surface area contributed by atoms with Crippen molar-refractivity contribution >= 4 is 0 Å². The van der Waals surface area contributed by atoms with Gasteiger partial charge in [0.25, 0.3) is 0 Å². The summed E-state index contributed by atoms with van der Waals surface area (Å²) in [4.78, 5) is 2.64. The normalized spacial score (nSPS) is 31.2. The second-order valence-corrected chi connectivity index (χ2v) is 4.27. The molecule has 0 aromatic carbocycles. The molecule has 0 aromatic heterocycles. The summed E-state index contributed by atoms with van der Waals surface area (Å²) in [6.45, 7) is 5.61. The summed E-state index contributed by atoms with van der Waals surface area (Å²) in [6.07, 6.45) is 5.14. The molecule has 0 aliphatic carbocycles. The van der Waals surface area contributed by atoms with Gasteiger partial charge in [-0.1, -0.05) is 0 Å². The maximum Gasteiger partial charge on any atom is 0.0250 e. The molecule has 1 N–H and O–H groups in total. The molecule has 78 valence electrons. The van der Waals surface area contributed by atoms with Crippen LogP contribution in [-0.2, 0) is 0 Å². The quantitative estimate of drug-likeness (QED) is 0.534. The largest absolute Gasteiger partial charge is 0.311 e. The number of fused-ring (bicyclic) bond motifs is 1. The number of nitrogens with one attached hydrogen (secondary N) is 1. The SMILES string of the molecule is CC#CCCNC1CCN2CCCC12. The van der Waals surface area contributed by atoms with E-state index in [2.05, 4.69) is 22.1 Å². The van der Waals surface area contributed by atoms with Crippen molar-refractivity contribution in [1.29, 1.82) is 0 Å². The molecule has 2 aliphatic heterocycles. The Balaban J connectivity index is 1.72. The lowest BCUT2D eigenvalue weighted by atomic mass is 10.1. The molecule has 2 unspecified atom stereocenters. The van der Waals surface area contributed by atoms with Gasteiger partial charge < -0.3 is 5.32 Å². The smallest absolute Gasteiger partial charge is 0.0250 e. The van der Waals surface area contributed by atoms with Crippen molar-refractivity contribution in [2.75, 3.05) is 19.6 Å². The molecule has 2 rings (SSSR count). The van der Waals surface area contributed by atoms with Crippen LogP contribution in [-0.4, -0.2) is 36.6 Å². The van der Waals surface area contributed by atoms with Crippen LogP contribution in [0, 0.1) is 11.8 Å². The summed E-state index contributed by atoms with van der Waals surface area (Å²) in [5, 5.41) is 3.64. The fourth-order valence-corrected chi connectivity index (χ4v) is 2.77. The van der Waals surface area contributed by atoms with Crippen molar-refractivity contribution in [2.45, 2.75) is 44.7 Å². The van der Waals surface area contributed by atoms with Crippen LogP contribution in [0.5, 0.6) is 0 Å². The molecule has 2 nitrogen and oxygen atoms in total. The summed E-state index contributed by atoms with van der Waals surface area (Å²) in [7, 11) is 0. The first-order chi connectivity index (χ1) is 6.92. The topological polar surface area (TPSA) is 15.3 Å². The Kier molecular flexibility index (Phi) is 3.44. The van der Waals surface area contributed by atoms with Crippen LogP contribution in [0.25, 0.3) is 0 Å². The van der Waals surface area contributed by atoms with E-state index in [1.165, 1.54) is 32.4 Å². The Hall–Kier alpha value is -0.520. The molecule has 14 heavy (non-hydrogen) atoms. The third-order valence-corrected chi connectivity index (χ3v) is 3.44. The highest BCUT2D eigenvalue weighted by Gasteiger charge is 2.36. The van der Waals surface area contributed by atoms with Gasteiger partial charge in [0.05, 0.1) is 0 Å². The summed E-state index contributed by atoms with van der Waals surface area (Å²) in [5.41, 5.74) is 0. The number of nitrogens with zero attached hydrogens (tertiary/aromatic N) is 1. The second kappa shape index (κ2) is 4.82. The zero-order chi connectivity index (χ0) is 9.80. The van der Waals surface area contributed by atoms with E-state index in [0.717, 1.165) is 25.0 Å². The number of hydrogen-bond donors (Lipinski definition) is 1. The zero-order valence-electron chi connectivity index (χ0n) is 9.05. The molecule has 0 bridgehead atoms. The average Bonchev–Trinajstić information content (AvgIpc) is 2.75. The molecule has 0 radical (unpaired) electrons. The zero-order valence-corrected chi connectivity index (χ0v) is 9.05. The van der Waals surface area contributed by atoms with Crippen molar-refractivity contribution in [3.63, 3.8) is 0 Å². The summed E-state index contributed by atoms with van der Waals surface area (Å²) >= 11 is 0. The molecular formula is C12H20N2. The Morgan fingerprint density at radius 3 is 3.14 bits per heavy atom. The first-order valence-electron chi connectivity index (χ1n) is 5.79. The molecule has 2 saturated heterocycles. The van der Waals surface area contributed by atoms with Crippen LogP contribution in [0.4, 0.5) is 0 Å². The van der Waals surface area contributed by atoms with Crippen LogP contribution >= 0.6 is 0 Å². The van der Waals surface area contributed by atoms with E-state index in [1.54, 1.807) is 0 Å². The Morgan fingerprint density at radius 2 is 2.29 bits per heavy atom. The summed E-state index contributed by atoms with van der Waals surface area (Å²) in [6, 6.07) is 1.58. The van der Waals surface area contributed by atoms with E-state index < -0.39 is 0 Å². The molecule has 2 fully saturated rings. The van der Waals surface area contributed by atoms with Crippen molar-refractivity contribution in [2.24, 2.45) is 0 Å². The van der Waals surface area contributed by atoms with E-state index in [1.807, 2.05) is 6.92 Å². The van der Waals surface area contributed by atoms with Crippen molar-refractivity contribution in [3.8, 4) is 11.8 Å². The van der Waals surface area contributed by atoms with Gasteiger partial charge in [-0.05, 0) is 32.7 Å². The molecule has 2 atom stereocenters. The number of hydrogen-bond acceptors (Lipinski definition) is 2. The molecule has 0 spiro atoms. The van der Waals surface area contributed by atoms with Crippen molar-refractivity contribution in [3.05, 3.63) is 0 Å². The first-order valence-corrected chi connectivity index (χ1v) is 5.79. The predicted molar refractivity (Wildman–Crippen MR) is 59.1 cm³/mol. The molecule has 0 amide bonds. The molecule has 2 aliphatic rings. The Bertz CT molecular complexity index is 238. The van der Waals surface area contributed by atoms with Crippen molar-refractivity contribution in [1.82, 2.24) is 10.2 Å². The number of rotatable bonds is 3. The maximum absolute atomic E-state index is 3.64. The van der Waals surface area contributed by atoms with Gasteiger partial charge in [0.15, 0.2) is 0 Å². The van der Waals surface area contributed by atoms with E-state index in [9.17, 15) is 0 Å². The molecule has 2 heteroatoms. The van der Waals surface area contributed by atoms with Crippen LogP contribution in [0.15, 0.2) is 0 Å². The highest BCUT2D eigenvalue weighted by Crippen LogP contribution is 2.27. The minimum absolute atomic E-state index is 0.746. The first kappa shape index (κ1) is 10.0. The average molecular weight is 192 g/mol. The van der Waals surface area contributed by atoms with E-state index >= 15 is 0 Å². The second-order valence-electron chi connectivity index (χ2n) is 4.27. The van der Waals surface area contributed by atoms with Crippen molar-refractivity contribution < 1.29 is 0 Å².